The maximum atomic E-state index is 12.9. The SMILES string of the molecule is CC1CCCC(C)C12NC(=O)N(Cc1nnsc1Cl)C2=O. The maximum absolute atomic E-state index is 12.9. The molecule has 1 aliphatic carbocycles. The second kappa shape index (κ2) is 5.21. The second-order valence-electron chi connectivity index (χ2n) is 5.92. The summed E-state index contributed by atoms with van der Waals surface area (Å²) in [7, 11) is 0. The summed E-state index contributed by atoms with van der Waals surface area (Å²) in [5.74, 6) is 0.106. The van der Waals surface area contributed by atoms with Gasteiger partial charge in [-0.3, -0.25) is 9.69 Å². The van der Waals surface area contributed by atoms with Gasteiger partial charge >= 0.3 is 6.03 Å². The molecule has 2 atom stereocenters. The number of amides is 3. The van der Waals surface area contributed by atoms with Crippen LogP contribution >= 0.6 is 23.1 Å². The first-order valence-corrected chi connectivity index (χ1v) is 8.22. The van der Waals surface area contributed by atoms with E-state index in [2.05, 4.69) is 14.9 Å². The summed E-state index contributed by atoms with van der Waals surface area (Å²) in [5.41, 5.74) is -0.302. The number of nitrogens with one attached hydrogen (secondary N) is 1. The van der Waals surface area contributed by atoms with Gasteiger partial charge in [-0.25, -0.2) is 4.79 Å². The number of carbonyl (C=O) groups is 2. The van der Waals surface area contributed by atoms with Crippen LogP contribution in [0.2, 0.25) is 4.34 Å². The number of nitrogens with zero attached hydrogens (tertiary/aromatic N) is 3. The van der Waals surface area contributed by atoms with Crippen LogP contribution in [0, 0.1) is 11.8 Å². The van der Waals surface area contributed by atoms with Crippen LogP contribution < -0.4 is 5.32 Å². The second-order valence-corrected chi connectivity index (χ2v) is 7.27. The monoisotopic (exact) mass is 328 g/mol. The van der Waals surface area contributed by atoms with E-state index in [-0.39, 0.29) is 30.3 Å². The molecule has 3 amide bonds. The zero-order chi connectivity index (χ0) is 15.2. The van der Waals surface area contributed by atoms with Crippen molar-refractivity contribution in [3.8, 4) is 0 Å². The molecule has 1 aliphatic heterocycles. The molecular weight excluding hydrogens is 312 g/mol. The van der Waals surface area contributed by atoms with Gasteiger partial charge in [0.05, 0.1) is 6.54 Å². The van der Waals surface area contributed by atoms with Gasteiger partial charge in [0.2, 0.25) is 0 Å². The van der Waals surface area contributed by atoms with Crippen LogP contribution in [0.25, 0.3) is 0 Å². The molecule has 2 fully saturated rings. The third kappa shape index (κ3) is 2.14. The lowest BCUT2D eigenvalue weighted by molar-refractivity contribution is -0.137. The lowest BCUT2D eigenvalue weighted by Crippen LogP contribution is -2.58. The van der Waals surface area contributed by atoms with Crippen molar-refractivity contribution in [3.05, 3.63) is 10.0 Å². The van der Waals surface area contributed by atoms with Gasteiger partial charge in [-0.05, 0) is 24.7 Å². The lowest BCUT2D eigenvalue weighted by Gasteiger charge is -2.42. The first-order chi connectivity index (χ1) is 9.96. The van der Waals surface area contributed by atoms with Crippen LogP contribution in [0.15, 0.2) is 0 Å². The highest BCUT2D eigenvalue weighted by molar-refractivity contribution is 7.10. The molecule has 0 radical (unpaired) electrons. The highest BCUT2D eigenvalue weighted by Crippen LogP contribution is 2.42. The highest BCUT2D eigenvalue weighted by Gasteiger charge is 2.58. The molecule has 6 nitrogen and oxygen atoms in total. The number of hydrogen-bond donors (Lipinski definition) is 1. The summed E-state index contributed by atoms with van der Waals surface area (Å²) >= 11 is 7.03. The minimum atomic E-state index is -0.773. The number of halogens is 1. The van der Waals surface area contributed by atoms with E-state index in [1.54, 1.807) is 0 Å². The molecule has 1 saturated carbocycles. The van der Waals surface area contributed by atoms with Crippen LogP contribution in [-0.2, 0) is 11.3 Å². The van der Waals surface area contributed by atoms with Gasteiger partial charge in [0.1, 0.15) is 15.6 Å². The Morgan fingerprint density at radius 3 is 2.62 bits per heavy atom. The third-order valence-electron chi connectivity index (χ3n) is 4.80. The number of urea groups is 1. The van der Waals surface area contributed by atoms with Gasteiger partial charge in [0.15, 0.2) is 0 Å². The fourth-order valence-electron chi connectivity index (χ4n) is 3.54. The molecule has 3 rings (SSSR count). The zero-order valence-electron chi connectivity index (χ0n) is 11.9. The van der Waals surface area contributed by atoms with Crippen LogP contribution in [0.5, 0.6) is 0 Å². The lowest BCUT2D eigenvalue weighted by atomic mass is 9.67. The van der Waals surface area contributed by atoms with E-state index in [4.69, 9.17) is 11.6 Å². The molecule has 2 heterocycles. The molecule has 1 aromatic heterocycles. The molecule has 21 heavy (non-hydrogen) atoms. The predicted molar refractivity (Wildman–Crippen MR) is 78.9 cm³/mol. The van der Waals surface area contributed by atoms with Gasteiger partial charge in [0.25, 0.3) is 5.91 Å². The van der Waals surface area contributed by atoms with Crippen molar-refractivity contribution in [2.45, 2.75) is 45.2 Å². The average Bonchev–Trinajstić information content (AvgIpc) is 2.94. The van der Waals surface area contributed by atoms with Gasteiger partial charge in [-0.1, -0.05) is 36.4 Å². The number of hydrogen-bond acceptors (Lipinski definition) is 5. The molecule has 1 N–H and O–H groups in total. The Kier molecular flexibility index (Phi) is 3.65. The molecule has 1 saturated heterocycles. The Balaban J connectivity index is 1.90. The van der Waals surface area contributed by atoms with Crippen molar-refractivity contribution in [1.29, 1.82) is 0 Å². The zero-order valence-corrected chi connectivity index (χ0v) is 13.5. The van der Waals surface area contributed by atoms with Crippen molar-refractivity contribution >= 4 is 35.1 Å². The van der Waals surface area contributed by atoms with Crippen molar-refractivity contribution < 1.29 is 9.59 Å². The van der Waals surface area contributed by atoms with E-state index in [9.17, 15) is 9.59 Å². The van der Waals surface area contributed by atoms with Gasteiger partial charge in [-0.2, -0.15) is 0 Å². The van der Waals surface area contributed by atoms with Crippen molar-refractivity contribution in [2.75, 3.05) is 0 Å². The van der Waals surface area contributed by atoms with E-state index in [0.29, 0.717) is 10.0 Å². The van der Waals surface area contributed by atoms with Gasteiger partial charge in [0, 0.05) is 11.5 Å². The van der Waals surface area contributed by atoms with Gasteiger partial charge in [-0.15, -0.1) is 5.10 Å². The summed E-state index contributed by atoms with van der Waals surface area (Å²) in [5, 5.41) is 6.83. The highest BCUT2D eigenvalue weighted by atomic mass is 35.5. The molecule has 0 bridgehead atoms. The first-order valence-electron chi connectivity index (χ1n) is 7.07. The van der Waals surface area contributed by atoms with Crippen LogP contribution in [-0.4, -0.2) is 32.0 Å². The van der Waals surface area contributed by atoms with E-state index in [1.165, 1.54) is 4.90 Å². The van der Waals surface area contributed by atoms with E-state index in [1.807, 2.05) is 13.8 Å². The maximum Gasteiger partial charge on any atom is 0.325 e. The summed E-state index contributed by atoms with van der Waals surface area (Å²) in [6.07, 6.45) is 2.99. The Morgan fingerprint density at radius 1 is 1.38 bits per heavy atom. The fourth-order valence-corrected chi connectivity index (χ4v) is 4.15. The van der Waals surface area contributed by atoms with Crippen LogP contribution in [0.4, 0.5) is 4.79 Å². The standard InChI is InChI=1S/C13H17ClN4O2S/c1-7-4-3-5-8(2)13(7)11(19)18(12(20)15-13)6-9-10(14)21-17-16-9/h7-8H,3-6H2,1-2H3,(H,15,20). The average molecular weight is 329 g/mol. The summed E-state index contributed by atoms with van der Waals surface area (Å²) < 4.78 is 4.16. The number of rotatable bonds is 2. The normalized spacial score (nSPS) is 32.8. The Labute approximate surface area is 132 Å². The topological polar surface area (TPSA) is 75.2 Å². The third-order valence-corrected chi connectivity index (χ3v) is 5.79. The first kappa shape index (κ1) is 14.7. The van der Waals surface area contributed by atoms with Crippen molar-refractivity contribution in [1.82, 2.24) is 19.8 Å². The minimum absolute atomic E-state index is 0.0845. The number of carbonyl (C=O) groups excluding carboxylic acids is 2. The quantitative estimate of drug-likeness (QED) is 0.846. The molecule has 2 aliphatic rings. The largest absolute Gasteiger partial charge is 0.325 e. The van der Waals surface area contributed by atoms with Crippen molar-refractivity contribution in [3.63, 3.8) is 0 Å². The summed E-state index contributed by atoms with van der Waals surface area (Å²) in [4.78, 5) is 26.4. The van der Waals surface area contributed by atoms with Crippen molar-refractivity contribution in [2.24, 2.45) is 11.8 Å². The minimum Gasteiger partial charge on any atom is -0.323 e. The molecule has 114 valence electrons. The molecule has 1 spiro atoms. The molecule has 2 unspecified atom stereocenters. The van der Waals surface area contributed by atoms with E-state index in [0.717, 1.165) is 30.8 Å². The Morgan fingerprint density at radius 2 is 2.05 bits per heavy atom. The van der Waals surface area contributed by atoms with E-state index < -0.39 is 5.54 Å². The van der Waals surface area contributed by atoms with Crippen LogP contribution in [0.3, 0.4) is 0 Å². The molecule has 8 heteroatoms. The number of aromatic nitrogens is 2. The summed E-state index contributed by atoms with van der Waals surface area (Å²) in [6.45, 7) is 4.16. The fraction of sp³-hybridized carbons (Fsp3) is 0.692. The van der Waals surface area contributed by atoms with E-state index >= 15 is 0 Å². The summed E-state index contributed by atoms with van der Waals surface area (Å²) in [6, 6.07) is -0.357. The predicted octanol–water partition coefficient (Wildman–Crippen LogP) is 2.44. The van der Waals surface area contributed by atoms with Gasteiger partial charge < -0.3 is 5.32 Å². The Bertz CT molecular complexity index is 580. The molecular formula is C13H17ClN4O2S. The smallest absolute Gasteiger partial charge is 0.323 e. The Hall–Kier alpha value is -1.21. The number of imide groups is 1. The van der Waals surface area contributed by atoms with Crippen LogP contribution in [0.1, 0.15) is 38.8 Å². The molecule has 0 aromatic carbocycles. The molecule has 1 aromatic rings.